The van der Waals surface area contributed by atoms with Crippen LogP contribution in [0.3, 0.4) is 0 Å². The Morgan fingerprint density at radius 1 is 1.89 bits per heavy atom. The average Bonchev–Trinajstić information content (AvgIpc) is 2.15. The number of hydrogen-bond donors (Lipinski definition) is 2. The topological polar surface area (TPSA) is 56.3 Å². The van der Waals surface area contributed by atoms with Crippen LogP contribution in [-0.2, 0) is 6.42 Å². The van der Waals surface area contributed by atoms with Crippen molar-refractivity contribution in [2.24, 2.45) is 0 Å². The highest BCUT2D eigenvalue weighted by Crippen LogP contribution is 1.92. The Kier molecular flexibility index (Phi) is 1.85. The summed E-state index contributed by atoms with van der Waals surface area (Å²) < 4.78 is 0. The normalized spacial score (nSPS) is 13.6. The van der Waals surface area contributed by atoms with Crippen LogP contribution in [0, 0.1) is 0 Å². The van der Waals surface area contributed by atoms with E-state index in [1.807, 2.05) is 6.20 Å². The molecule has 0 spiro atoms. The lowest BCUT2D eigenvalue weighted by Crippen LogP contribution is -2.60. The van der Waals surface area contributed by atoms with E-state index in [0.717, 1.165) is 12.1 Å². The molecule has 0 fully saturated rings. The Hall–Kier alpha value is -0.830. The maximum atomic E-state index is 3.89. The summed E-state index contributed by atoms with van der Waals surface area (Å²) in [6.45, 7) is 2.08. The van der Waals surface area contributed by atoms with E-state index in [0.29, 0.717) is 6.04 Å². The van der Waals surface area contributed by atoms with Crippen LogP contribution in [0.25, 0.3) is 0 Å². The average molecular weight is 126 g/mol. The van der Waals surface area contributed by atoms with Gasteiger partial charge in [-0.3, -0.25) is 0 Å². The van der Waals surface area contributed by atoms with Gasteiger partial charge in [0.1, 0.15) is 0 Å². The summed E-state index contributed by atoms with van der Waals surface area (Å²) in [5.41, 5.74) is 5.03. The molecule has 1 atom stereocenters. The van der Waals surface area contributed by atoms with Crippen molar-refractivity contribution in [3.8, 4) is 0 Å². The van der Waals surface area contributed by atoms with Gasteiger partial charge in [0.15, 0.2) is 0 Å². The highest BCUT2D eigenvalue weighted by Gasteiger charge is 1.99. The van der Waals surface area contributed by atoms with Crippen molar-refractivity contribution in [3.05, 3.63) is 18.2 Å². The van der Waals surface area contributed by atoms with Crippen molar-refractivity contribution in [1.82, 2.24) is 9.97 Å². The summed E-state index contributed by atoms with van der Waals surface area (Å²) in [7, 11) is 0. The number of aromatic amines is 1. The fourth-order valence-corrected chi connectivity index (χ4v) is 0.772. The predicted octanol–water partition coefficient (Wildman–Crippen LogP) is -0.417. The molecule has 0 amide bonds. The quantitative estimate of drug-likeness (QED) is 0.555. The van der Waals surface area contributed by atoms with Gasteiger partial charge in [-0.15, -0.1) is 0 Å². The third-order valence-corrected chi connectivity index (χ3v) is 1.12. The first kappa shape index (κ1) is 6.29. The molecule has 1 rings (SSSR count). The van der Waals surface area contributed by atoms with Gasteiger partial charge in [-0.1, -0.05) is 0 Å². The molecule has 0 aliphatic rings. The molecule has 0 aromatic carbocycles. The maximum absolute atomic E-state index is 3.89. The largest absolute Gasteiger partial charge is 0.355 e. The number of aromatic nitrogens is 2. The summed E-state index contributed by atoms with van der Waals surface area (Å²) in [5.74, 6) is 0. The molecule has 0 aliphatic heterocycles. The zero-order valence-corrected chi connectivity index (χ0v) is 5.59. The number of nitrogens with one attached hydrogen (secondary N) is 1. The van der Waals surface area contributed by atoms with Crippen LogP contribution in [0.1, 0.15) is 12.6 Å². The highest BCUT2D eigenvalue weighted by atomic mass is 14.9. The fraction of sp³-hybridized carbons (Fsp3) is 0.500. The minimum atomic E-state index is 0.463. The van der Waals surface area contributed by atoms with E-state index >= 15 is 0 Å². The fourth-order valence-electron chi connectivity index (χ4n) is 0.772. The first-order valence-corrected chi connectivity index (χ1v) is 3.09. The molecule has 1 aromatic heterocycles. The van der Waals surface area contributed by atoms with E-state index in [-0.39, 0.29) is 0 Å². The molecule has 0 saturated carbocycles. The van der Waals surface area contributed by atoms with Gasteiger partial charge in [-0.05, 0) is 6.92 Å². The molecule has 50 valence electrons. The third-order valence-electron chi connectivity index (χ3n) is 1.12. The SMILES string of the molecule is C[C@@H]([NH3+])Cc1cnc[nH]1. The van der Waals surface area contributed by atoms with Gasteiger partial charge in [-0.25, -0.2) is 4.98 Å². The van der Waals surface area contributed by atoms with Crippen molar-refractivity contribution in [2.75, 3.05) is 0 Å². The van der Waals surface area contributed by atoms with Crippen molar-refractivity contribution in [2.45, 2.75) is 19.4 Å². The second-order valence-electron chi connectivity index (χ2n) is 2.39. The van der Waals surface area contributed by atoms with Crippen LogP contribution in [0.4, 0.5) is 0 Å². The number of imidazole rings is 1. The molecule has 0 radical (unpaired) electrons. The number of rotatable bonds is 2. The van der Waals surface area contributed by atoms with Crippen molar-refractivity contribution < 1.29 is 5.73 Å². The highest BCUT2D eigenvalue weighted by molar-refractivity contribution is 4.94. The van der Waals surface area contributed by atoms with E-state index in [2.05, 4.69) is 22.6 Å². The smallest absolute Gasteiger partial charge is 0.0921 e. The minimum Gasteiger partial charge on any atom is -0.355 e. The first-order chi connectivity index (χ1) is 4.29. The molecule has 3 nitrogen and oxygen atoms in total. The number of hydrogen-bond acceptors (Lipinski definition) is 1. The summed E-state index contributed by atoms with van der Waals surface area (Å²) in [5, 5.41) is 0. The molecular formula is C6H12N3+. The van der Waals surface area contributed by atoms with Gasteiger partial charge in [-0.2, -0.15) is 0 Å². The number of quaternary nitrogens is 1. The molecule has 4 N–H and O–H groups in total. The molecule has 1 aromatic rings. The van der Waals surface area contributed by atoms with E-state index in [1.165, 1.54) is 0 Å². The standard InChI is InChI=1S/C6H11N3/c1-5(7)2-6-3-8-4-9-6/h3-5H,2,7H2,1H3,(H,8,9)/p+1/t5-/m1/s1. The third kappa shape index (κ3) is 1.85. The maximum Gasteiger partial charge on any atom is 0.0921 e. The Bertz CT molecular complexity index is 155. The van der Waals surface area contributed by atoms with Crippen molar-refractivity contribution in [3.63, 3.8) is 0 Å². The van der Waals surface area contributed by atoms with E-state index in [4.69, 9.17) is 0 Å². The lowest BCUT2D eigenvalue weighted by molar-refractivity contribution is -0.413. The molecule has 0 unspecified atom stereocenters. The Labute approximate surface area is 54.3 Å². The minimum absolute atomic E-state index is 0.463. The molecule has 0 aliphatic carbocycles. The van der Waals surface area contributed by atoms with Gasteiger partial charge in [0.05, 0.1) is 12.4 Å². The Morgan fingerprint density at radius 3 is 3.11 bits per heavy atom. The van der Waals surface area contributed by atoms with Crippen LogP contribution in [-0.4, -0.2) is 16.0 Å². The van der Waals surface area contributed by atoms with Gasteiger partial charge in [0.25, 0.3) is 0 Å². The summed E-state index contributed by atoms with van der Waals surface area (Å²) in [6, 6.07) is 0.463. The molecule has 0 saturated heterocycles. The molecule has 0 bridgehead atoms. The first-order valence-electron chi connectivity index (χ1n) is 3.09. The lowest BCUT2D eigenvalue weighted by Gasteiger charge is -1.95. The van der Waals surface area contributed by atoms with Crippen molar-refractivity contribution >= 4 is 0 Å². The van der Waals surface area contributed by atoms with E-state index in [9.17, 15) is 0 Å². The molecule has 1 heterocycles. The van der Waals surface area contributed by atoms with Crippen LogP contribution in [0.15, 0.2) is 12.5 Å². The van der Waals surface area contributed by atoms with Gasteiger partial charge < -0.3 is 10.7 Å². The van der Waals surface area contributed by atoms with Crippen molar-refractivity contribution in [1.29, 1.82) is 0 Å². The van der Waals surface area contributed by atoms with Crippen LogP contribution < -0.4 is 5.73 Å². The molecular weight excluding hydrogens is 114 g/mol. The van der Waals surface area contributed by atoms with Gasteiger partial charge in [0, 0.05) is 18.3 Å². The molecule has 9 heavy (non-hydrogen) atoms. The van der Waals surface area contributed by atoms with Gasteiger partial charge in [0.2, 0.25) is 0 Å². The monoisotopic (exact) mass is 126 g/mol. The Balaban J connectivity index is 2.48. The van der Waals surface area contributed by atoms with Gasteiger partial charge >= 0.3 is 0 Å². The zero-order chi connectivity index (χ0) is 6.69. The van der Waals surface area contributed by atoms with E-state index in [1.54, 1.807) is 6.33 Å². The zero-order valence-electron chi connectivity index (χ0n) is 5.59. The van der Waals surface area contributed by atoms with Crippen LogP contribution in [0.2, 0.25) is 0 Å². The summed E-state index contributed by atoms with van der Waals surface area (Å²) >= 11 is 0. The predicted molar refractivity (Wildman–Crippen MR) is 34.6 cm³/mol. The summed E-state index contributed by atoms with van der Waals surface area (Å²) in [6.07, 6.45) is 4.51. The molecule has 3 heteroatoms. The second kappa shape index (κ2) is 2.64. The van der Waals surface area contributed by atoms with Crippen LogP contribution in [0.5, 0.6) is 0 Å². The van der Waals surface area contributed by atoms with E-state index < -0.39 is 0 Å². The summed E-state index contributed by atoms with van der Waals surface area (Å²) in [4.78, 5) is 6.91. The second-order valence-corrected chi connectivity index (χ2v) is 2.39. The number of H-pyrrole nitrogens is 1. The van der Waals surface area contributed by atoms with Crippen LogP contribution >= 0.6 is 0 Å². The lowest BCUT2D eigenvalue weighted by atomic mass is 10.2. The Morgan fingerprint density at radius 2 is 2.67 bits per heavy atom. The number of nitrogens with zero attached hydrogens (tertiary/aromatic N) is 1.